The van der Waals surface area contributed by atoms with Crippen molar-refractivity contribution in [1.29, 1.82) is 0 Å². The quantitative estimate of drug-likeness (QED) is 0.749. The van der Waals surface area contributed by atoms with Gasteiger partial charge in [0.2, 0.25) is 0 Å². The first-order valence-corrected chi connectivity index (χ1v) is 5.87. The van der Waals surface area contributed by atoms with E-state index in [-0.39, 0.29) is 36.1 Å². The molecule has 1 aromatic rings. The third kappa shape index (κ3) is 4.17. The number of amides is 1. The Hall–Kier alpha value is -2.24. The third-order valence-corrected chi connectivity index (χ3v) is 2.60. The molecule has 1 rings (SSSR count). The lowest BCUT2D eigenvalue weighted by atomic mass is 10.1. The molecule has 19 heavy (non-hydrogen) atoms. The molecular formula is C13H17NO5. The van der Waals surface area contributed by atoms with Gasteiger partial charge in [0.05, 0.1) is 6.42 Å². The number of carboxylic acid groups (broad SMARTS) is 1. The molecule has 1 aromatic carbocycles. The normalized spacial score (nSPS) is 10.5. The number of phenolic OH excluding ortho intramolecular Hbond substituents is 2. The number of carbonyl (C=O) groups excluding carboxylic acids is 1. The van der Waals surface area contributed by atoms with Gasteiger partial charge in [-0.25, -0.2) is 0 Å². The van der Waals surface area contributed by atoms with E-state index in [0.717, 1.165) is 6.07 Å². The molecule has 0 aliphatic heterocycles. The molecule has 0 radical (unpaired) electrons. The van der Waals surface area contributed by atoms with Crippen LogP contribution in [0.15, 0.2) is 18.2 Å². The van der Waals surface area contributed by atoms with E-state index in [0.29, 0.717) is 0 Å². The number of carboxylic acids is 1. The van der Waals surface area contributed by atoms with Gasteiger partial charge in [0.1, 0.15) is 11.5 Å². The lowest BCUT2D eigenvalue weighted by Gasteiger charge is -2.26. The second-order valence-electron chi connectivity index (χ2n) is 4.47. The van der Waals surface area contributed by atoms with Gasteiger partial charge < -0.3 is 20.2 Å². The maximum atomic E-state index is 12.2. The van der Waals surface area contributed by atoms with Crippen LogP contribution in [0, 0.1) is 0 Å². The van der Waals surface area contributed by atoms with Crippen LogP contribution in [0.25, 0.3) is 0 Å². The Morgan fingerprint density at radius 3 is 2.11 bits per heavy atom. The molecule has 6 heteroatoms. The van der Waals surface area contributed by atoms with E-state index in [2.05, 4.69) is 0 Å². The highest BCUT2D eigenvalue weighted by atomic mass is 16.4. The molecule has 0 unspecified atom stereocenters. The van der Waals surface area contributed by atoms with Gasteiger partial charge in [-0.3, -0.25) is 9.59 Å². The SMILES string of the molecule is CC(C)N(CCC(=O)O)C(=O)c1cc(O)cc(O)c1. The average molecular weight is 267 g/mol. The molecule has 0 aliphatic carbocycles. The summed E-state index contributed by atoms with van der Waals surface area (Å²) < 4.78 is 0. The van der Waals surface area contributed by atoms with Crippen molar-refractivity contribution in [3.05, 3.63) is 23.8 Å². The standard InChI is InChI=1S/C13H17NO5/c1-8(2)14(4-3-12(17)18)13(19)9-5-10(15)7-11(16)6-9/h5-8,15-16H,3-4H2,1-2H3,(H,17,18). The summed E-state index contributed by atoms with van der Waals surface area (Å²) in [5.74, 6) is -1.85. The fourth-order valence-electron chi connectivity index (χ4n) is 1.69. The molecule has 0 spiro atoms. The highest BCUT2D eigenvalue weighted by Crippen LogP contribution is 2.22. The molecule has 0 aliphatic rings. The average Bonchev–Trinajstić information content (AvgIpc) is 2.26. The number of hydrogen-bond acceptors (Lipinski definition) is 4. The Bertz CT molecular complexity index is 464. The van der Waals surface area contributed by atoms with E-state index in [1.807, 2.05) is 0 Å². The zero-order chi connectivity index (χ0) is 14.6. The Morgan fingerprint density at radius 1 is 1.16 bits per heavy atom. The molecule has 0 heterocycles. The maximum Gasteiger partial charge on any atom is 0.305 e. The van der Waals surface area contributed by atoms with Gasteiger partial charge in [-0.05, 0) is 26.0 Å². The second-order valence-corrected chi connectivity index (χ2v) is 4.47. The van der Waals surface area contributed by atoms with Gasteiger partial charge >= 0.3 is 5.97 Å². The van der Waals surface area contributed by atoms with Crippen LogP contribution in [0.3, 0.4) is 0 Å². The van der Waals surface area contributed by atoms with E-state index in [1.54, 1.807) is 13.8 Å². The molecule has 3 N–H and O–H groups in total. The summed E-state index contributed by atoms with van der Waals surface area (Å²) in [6.07, 6.45) is -0.158. The van der Waals surface area contributed by atoms with E-state index >= 15 is 0 Å². The summed E-state index contributed by atoms with van der Waals surface area (Å²) in [4.78, 5) is 24.2. The number of nitrogens with zero attached hydrogens (tertiary/aromatic N) is 1. The number of rotatable bonds is 5. The minimum atomic E-state index is -0.989. The molecule has 0 saturated heterocycles. The Morgan fingerprint density at radius 2 is 1.68 bits per heavy atom. The van der Waals surface area contributed by atoms with Crippen LogP contribution in [0.1, 0.15) is 30.6 Å². The lowest BCUT2D eigenvalue weighted by molar-refractivity contribution is -0.137. The van der Waals surface area contributed by atoms with Gasteiger partial charge in [-0.1, -0.05) is 0 Å². The van der Waals surface area contributed by atoms with Crippen molar-refractivity contribution < 1.29 is 24.9 Å². The highest BCUT2D eigenvalue weighted by Gasteiger charge is 2.20. The number of aromatic hydroxyl groups is 2. The van der Waals surface area contributed by atoms with E-state index < -0.39 is 11.9 Å². The van der Waals surface area contributed by atoms with Crippen LogP contribution in [0.4, 0.5) is 0 Å². The summed E-state index contributed by atoms with van der Waals surface area (Å²) in [6.45, 7) is 3.60. The van der Waals surface area contributed by atoms with Crippen LogP contribution in [-0.2, 0) is 4.79 Å². The van der Waals surface area contributed by atoms with Crippen LogP contribution < -0.4 is 0 Å². The molecule has 0 atom stereocenters. The summed E-state index contributed by atoms with van der Waals surface area (Å²) >= 11 is 0. The Kier molecular flexibility index (Phi) is 4.74. The fourth-order valence-corrected chi connectivity index (χ4v) is 1.69. The molecule has 0 saturated carbocycles. The Labute approximate surface area is 110 Å². The fraction of sp³-hybridized carbons (Fsp3) is 0.385. The van der Waals surface area contributed by atoms with Crippen LogP contribution in [0.2, 0.25) is 0 Å². The minimum absolute atomic E-state index is 0.0717. The van der Waals surface area contributed by atoms with Gasteiger partial charge in [0, 0.05) is 24.2 Å². The van der Waals surface area contributed by atoms with Crippen molar-refractivity contribution in [2.24, 2.45) is 0 Å². The second kappa shape index (κ2) is 6.08. The van der Waals surface area contributed by atoms with Crippen molar-refractivity contribution >= 4 is 11.9 Å². The highest BCUT2D eigenvalue weighted by molar-refractivity contribution is 5.95. The van der Waals surface area contributed by atoms with Crippen LogP contribution >= 0.6 is 0 Å². The summed E-state index contributed by atoms with van der Waals surface area (Å²) in [7, 11) is 0. The topological polar surface area (TPSA) is 98.1 Å². The zero-order valence-electron chi connectivity index (χ0n) is 10.8. The largest absolute Gasteiger partial charge is 0.508 e. The third-order valence-electron chi connectivity index (χ3n) is 2.60. The molecule has 1 amide bonds. The molecule has 0 fully saturated rings. The monoisotopic (exact) mass is 267 g/mol. The van der Waals surface area contributed by atoms with Crippen molar-refractivity contribution in [1.82, 2.24) is 4.90 Å². The molecule has 0 aromatic heterocycles. The van der Waals surface area contributed by atoms with Gasteiger partial charge in [-0.2, -0.15) is 0 Å². The van der Waals surface area contributed by atoms with Gasteiger partial charge in [-0.15, -0.1) is 0 Å². The summed E-state index contributed by atoms with van der Waals surface area (Å²) in [6, 6.07) is 3.40. The Balaban J connectivity index is 2.95. The van der Waals surface area contributed by atoms with Crippen molar-refractivity contribution in [3.8, 4) is 11.5 Å². The lowest BCUT2D eigenvalue weighted by Crippen LogP contribution is -2.38. The molecule has 6 nitrogen and oxygen atoms in total. The smallest absolute Gasteiger partial charge is 0.305 e. The van der Waals surface area contributed by atoms with Crippen molar-refractivity contribution in [2.45, 2.75) is 26.3 Å². The van der Waals surface area contributed by atoms with E-state index in [9.17, 15) is 19.8 Å². The zero-order valence-corrected chi connectivity index (χ0v) is 10.8. The predicted octanol–water partition coefficient (Wildman–Crippen LogP) is 1.42. The number of aliphatic carboxylic acids is 1. The summed E-state index contributed by atoms with van der Waals surface area (Å²) in [5.41, 5.74) is 0.122. The number of benzene rings is 1. The van der Waals surface area contributed by atoms with E-state index in [1.165, 1.54) is 17.0 Å². The number of carbonyl (C=O) groups is 2. The molecule has 104 valence electrons. The van der Waals surface area contributed by atoms with Crippen LogP contribution in [0.5, 0.6) is 11.5 Å². The van der Waals surface area contributed by atoms with E-state index in [4.69, 9.17) is 5.11 Å². The molecular weight excluding hydrogens is 250 g/mol. The van der Waals surface area contributed by atoms with Gasteiger partial charge in [0.25, 0.3) is 5.91 Å². The summed E-state index contributed by atoms with van der Waals surface area (Å²) in [5, 5.41) is 27.4. The number of hydrogen-bond donors (Lipinski definition) is 3. The van der Waals surface area contributed by atoms with Crippen molar-refractivity contribution in [3.63, 3.8) is 0 Å². The number of phenols is 2. The predicted molar refractivity (Wildman–Crippen MR) is 68.2 cm³/mol. The first-order valence-electron chi connectivity index (χ1n) is 5.87. The molecule has 0 bridgehead atoms. The van der Waals surface area contributed by atoms with Gasteiger partial charge in [0.15, 0.2) is 0 Å². The maximum absolute atomic E-state index is 12.2. The minimum Gasteiger partial charge on any atom is -0.508 e. The van der Waals surface area contributed by atoms with Crippen LogP contribution in [-0.4, -0.2) is 44.7 Å². The first-order chi connectivity index (χ1) is 8.81. The van der Waals surface area contributed by atoms with Crippen molar-refractivity contribution in [2.75, 3.05) is 6.54 Å². The first kappa shape index (κ1) is 14.8.